The minimum absolute atomic E-state index is 0.169. The SMILES string of the molecule is CN(C)CCNc1nc(Nc2ccc(OC(F)(F)F)c(Cl)c2)cc(-c2cccc(OC(F)(F)F)c2)n1. The summed E-state index contributed by atoms with van der Waals surface area (Å²) in [7, 11) is 3.74. The van der Waals surface area contributed by atoms with Gasteiger partial charge in [-0.3, -0.25) is 0 Å². The van der Waals surface area contributed by atoms with Crippen LogP contribution in [0.2, 0.25) is 5.02 Å². The van der Waals surface area contributed by atoms with Crippen LogP contribution in [0.3, 0.4) is 0 Å². The molecule has 0 aliphatic carbocycles. The minimum Gasteiger partial charge on any atom is -0.406 e. The second-order valence-corrected chi connectivity index (χ2v) is 7.99. The molecular formula is C22H20ClF6N5O2. The van der Waals surface area contributed by atoms with Gasteiger partial charge in [-0.25, -0.2) is 4.98 Å². The van der Waals surface area contributed by atoms with Crippen LogP contribution in [-0.4, -0.2) is 54.8 Å². The predicted molar refractivity (Wildman–Crippen MR) is 123 cm³/mol. The van der Waals surface area contributed by atoms with Gasteiger partial charge >= 0.3 is 12.7 Å². The van der Waals surface area contributed by atoms with Crippen LogP contribution in [0.25, 0.3) is 11.3 Å². The van der Waals surface area contributed by atoms with Crippen molar-refractivity contribution in [2.24, 2.45) is 0 Å². The first-order chi connectivity index (χ1) is 16.8. The third-order valence-corrected chi connectivity index (χ3v) is 4.66. The van der Waals surface area contributed by atoms with Crippen LogP contribution in [0.1, 0.15) is 0 Å². The molecule has 0 aliphatic rings. The Labute approximate surface area is 207 Å². The fourth-order valence-corrected chi connectivity index (χ4v) is 3.14. The smallest absolute Gasteiger partial charge is 0.406 e. The zero-order valence-corrected chi connectivity index (χ0v) is 19.6. The van der Waals surface area contributed by atoms with Crippen LogP contribution in [0.4, 0.5) is 43.8 Å². The van der Waals surface area contributed by atoms with Crippen LogP contribution in [0, 0.1) is 0 Å². The van der Waals surface area contributed by atoms with Crippen molar-refractivity contribution in [1.82, 2.24) is 14.9 Å². The highest BCUT2D eigenvalue weighted by Gasteiger charge is 2.32. The van der Waals surface area contributed by atoms with Crippen molar-refractivity contribution in [3.8, 4) is 22.8 Å². The highest BCUT2D eigenvalue weighted by atomic mass is 35.5. The highest BCUT2D eigenvalue weighted by Crippen LogP contribution is 2.34. The summed E-state index contributed by atoms with van der Waals surface area (Å²) in [5.74, 6) is -0.634. The first-order valence-corrected chi connectivity index (χ1v) is 10.6. The Morgan fingerprint density at radius 3 is 2.28 bits per heavy atom. The van der Waals surface area contributed by atoms with E-state index in [1.165, 1.54) is 30.3 Å². The standard InChI is InChI=1S/C22H20ClF6N5O2/c1-34(2)9-8-30-20-32-17(13-4-3-5-15(10-13)35-21(24,25)26)12-19(33-20)31-14-6-7-18(16(23)11-14)36-22(27,28)29/h3-7,10-12H,8-9H2,1-2H3,(H2,30,31,32,33). The summed E-state index contributed by atoms with van der Waals surface area (Å²) >= 11 is 5.91. The van der Waals surface area contributed by atoms with E-state index < -0.39 is 24.2 Å². The van der Waals surface area contributed by atoms with E-state index in [1.54, 1.807) is 6.07 Å². The van der Waals surface area contributed by atoms with E-state index >= 15 is 0 Å². The third-order valence-electron chi connectivity index (χ3n) is 4.36. The first-order valence-electron chi connectivity index (χ1n) is 10.2. The van der Waals surface area contributed by atoms with Crippen LogP contribution >= 0.6 is 11.6 Å². The Bertz CT molecular complexity index is 1190. The molecule has 0 aliphatic heterocycles. The van der Waals surface area contributed by atoms with Crippen molar-refractivity contribution in [3.05, 3.63) is 53.6 Å². The molecule has 36 heavy (non-hydrogen) atoms. The number of nitrogens with zero attached hydrogens (tertiary/aromatic N) is 3. The van der Waals surface area contributed by atoms with Gasteiger partial charge in [0, 0.05) is 30.4 Å². The van der Waals surface area contributed by atoms with Gasteiger partial charge in [-0.15, -0.1) is 26.3 Å². The fourth-order valence-electron chi connectivity index (χ4n) is 2.92. The molecule has 2 aromatic carbocycles. The monoisotopic (exact) mass is 535 g/mol. The summed E-state index contributed by atoms with van der Waals surface area (Å²) in [4.78, 5) is 10.6. The van der Waals surface area contributed by atoms with Crippen molar-refractivity contribution >= 4 is 29.1 Å². The van der Waals surface area contributed by atoms with Crippen molar-refractivity contribution in [1.29, 1.82) is 0 Å². The molecule has 7 nitrogen and oxygen atoms in total. The van der Waals surface area contributed by atoms with E-state index in [2.05, 4.69) is 30.1 Å². The zero-order chi connectivity index (χ0) is 26.5. The number of benzene rings is 2. The summed E-state index contributed by atoms with van der Waals surface area (Å²) in [5.41, 5.74) is 0.855. The van der Waals surface area contributed by atoms with E-state index in [0.29, 0.717) is 18.7 Å². The number of halogens is 7. The molecule has 14 heteroatoms. The number of hydrogen-bond donors (Lipinski definition) is 2. The number of nitrogens with one attached hydrogen (secondary N) is 2. The van der Waals surface area contributed by atoms with Gasteiger partial charge in [-0.05, 0) is 44.4 Å². The Kier molecular flexibility index (Phi) is 8.35. The van der Waals surface area contributed by atoms with Crippen LogP contribution in [-0.2, 0) is 0 Å². The van der Waals surface area contributed by atoms with E-state index in [0.717, 1.165) is 12.1 Å². The molecule has 0 spiro atoms. The maximum absolute atomic E-state index is 12.6. The molecule has 3 aromatic rings. The average molecular weight is 536 g/mol. The van der Waals surface area contributed by atoms with Gasteiger partial charge in [0.1, 0.15) is 17.3 Å². The van der Waals surface area contributed by atoms with Crippen molar-refractivity contribution < 1.29 is 35.8 Å². The van der Waals surface area contributed by atoms with Crippen LogP contribution < -0.4 is 20.1 Å². The molecule has 0 saturated carbocycles. The fraction of sp³-hybridized carbons (Fsp3) is 0.273. The summed E-state index contributed by atoms with van der Waals surface area (Å²) < 4.78 is 83.3. The lowest BCUT2D eigenvalue weighted by Crippen LogP contribution is -2.21. The molecule has 3 rings (SSSR count). The van der Waals surface area contributed by atoms with Gasteiger partial charge in [-0.2, -0.15) is 4.98 Å². The van der Waals surface area contributed by atoms with E-state index in [-0.39, 0.29) is 28.2 Å². The lowest BCUT2D eigenvalue weighted by molar-refractivity contribution is -0.275. The summed E-state index contributed by atoms with van der Waals surface area (Å²) in [6, 6.07) is 10.2. The number of aromatic nitrogens is 2. The predicted octanol–water partition coefficient (Wildman–Crippen LogP) is 6.31. The molecule has 0 unspecified atom stereocenters. The normalized spacial score (nSPS) is 11.9. The summed E-state index contributed by atoms with van der Waals surface area (Å²) in [5, 5.41) is 5.63. The van der Waals surface area contributed by atoms with Gasteiger partial charge in [0.25, 0.3) is 0 Å². The molecule has 0 bridgehead atoms. The van der Waals surface area contributed by atoms with Gasteiger partial charge in [0.2, 0.25) is 5.95 Å². The summed E-state index contributed by atoms with van der Waals surface area (Å²) in [6.07, 6.45) is -9.77. The number of ether oxygens (including phenoxy) is 2. The highest BCUT2D eigenvalue weighted by molar-refractivity contribution is 6.32. The molecule has 0 fully saturated rings. The molecule has 2 N–H and O–H groups in total. The van der Waals surface area contributed by atoms with Crippen molar-refractivity contribution in [2.75, 3.05) is 37.8 Å². The second-order valence-electron chi connectivity index (χ2n) is 7.59. The van der Waals surface area contributed by atoms with E-state index in [9.17, 15) is 26.3 Å². The second kappa shape index (κ2) is 11.1. The van der Waals surface area contributed by atoms with Crippen molar-refractivity contribution in [3.63, 3.8) is 0 Å². The molecule has 194 valence electrons. The third kappa shape index (κ3) is 8.64. The topological polar surface area (TPSA) is 71.5 Å². The number of hydrogen-bond acceptors (Lipinski definition) is 7. The number of anilines is 3. The molecular weight excluding hydrogens is 516 g/mol. The maximum atomic E-state index is 12.6. The van der Waals surface area contributed by atoms with E-state index in [1.807, 2.05) is 19.0 Å². The Morgan fingerprint density at radius 1 is 0.917 bits per heavy atom. The van der Waals surface area contributed by atoms with Gasteiger partial charge < -0.3 is 25.0 Å². The molecule has 0 amide bonds. The quantitative estimate of drug-likeness (QED) is 0.311. The van der Waals surface area contributed by atoms with Crippen LogP contribution in [0.5, 0.6) is 11.5 Å². The van der Waals surface area contributed by atoms with Gasteiger partial charge in [0.05, 0.1) is 10.7 Å². The Morgan fingerprint density at radius 2 is 1.64 bits per heavy atom. The zero-order valence-electron chi connectivity index (χ0n) is 18.8. The summed E-state index contributed by atoms with van der Waals surface area (Å²) in [6.45, 7) is 1.10. The van der Waals surface area contributed by atoms with Gasteiger partial charge in [0.15, 0.2) is 0 Å². The molecule has 1 heterocycles. The van der Waals surface area contributed by atoms with Gasteiger partial charge in [-0.1, -0.05) is 23.7 Å². The molecule has 0 atom stereocenters. The maximum Gasteiger partial charge on any atom is 0.573 e. The van der Waals surface area contributed by atoms with E-state index in [4.69, 9.17) is 11.6 Å². The Hall–Kier alpha value is -3.45. The number of alkyl halides is 6. The lowest BCUT2D eigenvalue weighted by atomic mass is 10.1. The minimum atomic E-state index is -4.91. The molecule has 0 radical (unpaired) electrons. The number of likely N-dealkylation sites (N-methyl/N-ethyl adjacent to an activating group) is 1. The van der Waals surface area contributed by atoms with Crippen molar-refractivity contribution in [2.45, 2.75) is 12.7 Å². The average Bonchev–Trinajstić information content (AvgIpc) is 2.73. The molecule has 1 aromatic heterocycles. The Balaban J connectivity index is 1.92. The molecule has 0 saturated heterocycles. The van der Waals surface area contributed by atoms with Crippen LogP contribution in [0.15, 0.2) is 48.5 Å². The largest absolute Gasteiger partial charge is 0.573 e. The first kappa shape index (κ1) is 27.1. The number of rotatable bonds is 9. The lowest BCUT2D eigenvalue weighted by Gasteiger charge is -2.15.